The third-order valence-corrected chi connectivity index (χ3v) is 4.67. The number of hydrogen-bond acceptors (Lipinski definition) is 5. The van der Waals surface area contributed by atoms with Crippen LogP contribution in [0.5, 0.6) is 0 Å². The van der Waals surface area contributed by atoms with E-state index < -0.39 is 0 Å². The number of piperidine rings is 1. The van der Waals surface area contributed by atoms with E-state index in [1.54, 1.807) is 24.1 Å². The Morgan fingerprint density at radius 2 is 2.08 bits per heavy atom. The average molecular weight is 339 g/mol. The van der Waals surface area contributed by atoms with Gasteiger partial charge in [-0.05, 0) is 31.9 Å². The Kier molecular flexibility index (Phi) is 3.87. The van der Waals surface area contributed by atoms with Crippen LogP contribution in [0.1, 0.15) is 29.0 Å². The van der Waals surface area contributed by atoms with Crippen molar-refractivity contribution in [3.63, 3.8) is 0 Å². The molecule has 0 aromatic carbocycles. The molecule has 0 atom stereocenters. The zero-order chi connectivity index (χ0) is 17.4. The van der Waals surface area contributed by atoms with Crippen molar-refractivity contribution in [1.29, 1.82) is 0 Å². The van der Waals surface area contributed by atoms with Crippen molar-refractivity contribution < 1.29 is 4.79 Å². The average Bonchev–Trinajstić information content (AvgIpc) is 3.21. The number of anilines is 1. The number of aryl methyl sites for hydroxylation is 2. The van der Waals surface area contributed by atoms with Crippen LogP contribution in [0.25, 0.3) is 5.52 Å². The first-order valence-electron chi connectivity index (χ1n) is 8.46. The minimum atomic E-state index is -0.0578. The summed E-state index contributed by atoms with van der Waals surface area (Å²) in [5.74, 6) is 0.893. The highest BCUT2D eigenvalue weighted by Gasteiger charge is 2.24. The summed E-state index contributed by atoms with van der Waals surface area (Å²) >= 11 is 0. The Balaban J connectivity index is 1.41. The molecule has 0 unspecified atom stereocenters. The van der Waals surface area contributed by atoms with Gasteiger partial charge in [0.25, 0.3) is 5.91 Å². The minimum absolute atomic E-state index is 0.0578. The van der Waals surface area contributed by atoms with Crippen LogP contribution in [0.3, 0.4) is 0 Å². The Morgan fingerprint density at radius 3 is 2.80 bits per heavy atom. The van der Waals surface area contributed by atoms with Gasteiger partial charge in [0.1, 0.15) is 11.2 Å². The van der Waals surface area contributed by atoms with Crippen molar-refractivity contribution in [2.45, 2.75) is 25.8 Å². The van der Waals surface area contributed by atoms with Crippen LogP contribution in [0.15, 0.2) is 30.7 Å². The first-order chi connectivity index (χ1) is 12.1. The second-order valence-electron chi connectivity index (χ2n) is 6.44. The van der Waals surface area contributed by atoms with Crippen molar-refractivity contribution in [2.75, 3.05) is 18.0 Å². The highest BCUT2D eigenvalue weighted by atomic mass is 16.2. The Labute approximate surface area is 145 Å². The molecule has 25 heavy (non-hydrogen) atoms. The molecule has 1 fully saturated rings. The van der Waals surface area contributed by atoms with E-state index in [1.165, 1.54) is 0 Å². The SMILES string of the molecule is Cc1cc(C(=O)NC2CCN(c3nccn4nccc34)CC2)n(C)n1. The molecule has 1 N–H and O–H groups in total. The zero-order valence-corrected chi connectivity index (χ0v) is 14.4. The van der Waals surface area contributed by atoms with Gasteiger partial charge in [-0.2, -0.15) is 10.2 Å². The number of hydrogen-bond donors (Lipinski definition) is 1. The lowest BCUT2D eigenvalue weighted by atomic mass is 10.0. The summed E-state index contributed by atoms with van der Waals surface area (Å²) in [6.07, 6.45) is 7.18. The lowest BCUT2D eigenvalue weighted by molar-refractivity contribution is 0.0921. The summed E-state index contributed by atoms with van der Waals surface area (Å²) in [5, 5.41) is 11.6. The van der Waals surface area contributed by atoms with Crippen molar-refractivity contribution in [2.24, 2.45) is 7.05 Å². The summed E-state index contributed by atoms with van der Waals surface area (Å²) in [4.78, 5) is 19.2. The van der Waals surface area contributed by atoms with Crippen LogP contribution in [0.4, 0.5) is 5.82 Å². The van der Waals surface area contributed by atoms with Crippen LogP contribution < -0.4 is 10.2 Å². The molecule has 0 aliphatic carbocycles. The lowest BCUT2D eigenvalue weighted by Crippen LogP contribution is -2.45. The molecule has 3 aromatic rings. The molecule has 0 spiro atoms. The molecule has 4 rings (SSSR count). The van der Waals surface area contributed by atoms with Crippen LogP contribution in [0, 0.1) is 6.92 Å². The van der Waals surface area contributed by atoms with Crippen molar-refractivity contribution in [1.82, 2.24) is 29.7 Å². The van der Waals surface area contributed by atoms with Crippen LogP contribution in [-0.2, 0) is 7.05 Å². The quantitative estimate of drug-likeness (QED) is 0.775. The molecule has 0 saturated carbocycles. The van der Waals surface area contributed by atoms with Crippen LogP contribution in [0.2, 0.25) is 0 Å². The highest BCUT2D eigenvalue weighted by Crippen LogP contribution is 2.22. The van der Waals surface area contributed by atoms with E-state index in [1.807, 2.05) is 29.8 Å². The largest absolute Gasteiger partial charge is 0.355 e. The second kappa shape index (κ2) is 6.19. The third-order valence-electron chi connectivity index (χ3n) is 4.67. The molecular formula is C17H21N7O. The van der Waals surface area contributed by atoms with Crippen LogP contribution in [-0.4, -0.2) is 49.4 Å². The zero-order valence-electron chi connectivity index (χ0n) is 14.4. The van der Waals surface area contributed by atoms with E-state index in [0.717, 1.165) is 43.0 Å². The fraction of sp³-hybridized carbons (Fsp3) is 0.412. The van der Waals surface area contributed by atoms with Gasteiger partial charge in [-0.25, -0.2) is 9.50 Å². The van der Waals surface area contributed by atoms with Crippen molar-refractivity contribution >= 4 is 17.2 Å². The van der Waals surface area contributed by atoms with Gasteiger partial charge in [-0.1, -0.05) is 0 Å². The summed E-state index contributed by atoms with van der Waals surface area (Å²) in [6, 6.07) is 3.96. The summed E-state index contributed by atoms with van der Waals surface area (Å²) in [6.45, 7) is 3.60. The van der Waals surface area contributed by atoms with Crippen LogP contribution >= 0.6 is 0 Å². The molecule has 4 heterocycles. The molecule has 1 aliphatic heterocycles. The number of fused-ring (bicyclic) bond motifs is 1. The van der Waals surface area contributed by atoms with Gasteiger partial charge >= 0.3 is 0 Å². The predicted molar refractivity (Wildman–Crippen MR) is 93.6 cm³/mol. The van der Waals surface area contributed by atoms with Gasteiger partial charge in [0.15, 0.2) is 5.82 Å². The van der Waals surface area contributed by atoms with Gasteiger partial charge in [-0.3, -0.25) is 9.48 Å². The molecule has 0 radical (unpaired) electrons. The molecule has 1 saturated heterocycles. The van der Waals surface area contributed by atoms with Gasteiger partial charge in [0, 0.05) is 38.6 Å². The molecule has 1 amide bonds. The third kappa shape index (κ3) is 2.95. The number of carbonyl (C=O) groups excluding carboxylic acids is 1. The van der Waals surface area contributed by atoms with E-state index in [4.69, 9.17) is 0 Å². The number of nitrogens with zero attached hydrogens (tertiary/aromatic N) is 6. The van der Waals surface area contributed by atoms with E-state index in [-0.39, 0.29) is 11.9 Å². The Hall–Kier alpha value is -2.90. The molecule has 8 nitrogen and oxygen atoms in total. The van der Waals surface area contributed by atoms with Gasteiger partial charge < -0.3 is 10.2 Å². The maximum absolute atomic E-state index is 12.4. The van der Waals surface area contributed by atoms with Crippen molar-refractivity contribution in [3.05, 3.63) is 42.1 Å². The molecule has 1 aliphatic rings. The molecule has 3 aromatic heterocycles. The molecule has 8 heteroatoms. The van der Waals surface area contributed by atoms with Gasteiger partial charge in [0.2, 0.25) is 0 Å². The second-order valence-corrected chi connectivity index (χ2v) is 6.44. The number of rotatable bonds is 3. The van der Waals surface area contributed by atoms with Crippen molar-refractivity contribution in [3.8, 4) is 0 Å². The molecule has 130 valence electrons. The summed E-state index contributed by atoms with van der Waals surface area (Å²) < 4.78 is 3.46. The normalized spacial score (nSPS) is 15.7. The van der Waals surface area contributed by atoms with E-state index in [2.05, 4.69) is 25.4 Å². The summed E-state index contributed by atoms with van der Waals surface area (Å²) in [5.41, 5.74) is 2.46. The lowest BCUT2D eigenvalue weighted by Gasteiger charge is -2.33. The fourth-order valence-electron chi connectivity index (χ4n) is 3.41. The smallest absolute Gasteiger partial charge is 0.269 e. The number of amides is 1. The fourth-order valence-corrected chi connectivity index (χ4v) is 3.41. The number of carbonyl (C=O) groups is 1. The van der Waals surface area contributed by atoms with E-state index in [9.17, 15) is 4.79 Å². The van der Waals surface area contributed by atoms with Gasteiger partial charge in [0.05, 0.1) is 11.9 Å². The minimum Gasteiger partial charge on any atom is -0.355 e. The maximum Gasteiger partial charge on any atom is 0.269 e. The summed E-state index contributed by atoms with van der Waals surface area (Å²) in [7, 11) is 1.79. The first kappa shape index (κ1) is 15.6. The monoisotopic (exact) mass is 339 g/mol. The molecular weight excluding hydrogens is 318 g/mol. The van der Waals surface area contributed by atoms with E-state index in [0.29, 0.717) is 5.69 Å². The first-order valence-corrected chi connectivity index (χ1v) is 8.46. The van der Waals surface area contributed by atoms with E-state index >= 15 is 0 Å². The maximum atomic E-state index is 12.4. The predicted octanol–water partition coefficient (Wildman–Crippen LogP) is 1.17. The Morgan fingerprint density at radius 1 is 1.28 bits per heavy atom. The Bertz CT molecular complexity index is 905. The highest BCUT2D eigenvalue weighted by molar-refractivity contribution is 5.92. The van der Waals surface area contributed by atoms with Gasteiger partial charge in [-0.15, -0.1) is 0 Å². The molecule has 0 bridgehead atoms. The number of nitrogens with one attached hydrogen (secondary N) is 1. The standard InChI is InChI=1S/C17H21N7O/c1-12-11-15(22(2)21-12)17(25)20-13-4-8-23(9-5-13)16-14-3-6-19-24(14)10-7-18-16/h3,6-7,10-11,13H,4-5,8-9H2,1-2H3,(H,20,25). The number of aromatic nitrogens is 5. The topological polar surface area (TPSA) is 80.4 Å².